The van der Waals surface area contributed by atoms with E-state index in [4.69, 9.17) is 16.3 Å². The molecule has 0 spiro atoms. The molecule has 0 unspecified atom stereocenters. The molecule has 2 heterocycles. The first-order chi connectivity index (χ1) is 17.0. The smallest absolute Gasteiger partial charge is 0.229 e. The SMILES string of the molecule is Cc1ccc(N2CSC3=C(C#N)[C@@H](c4ccc(OCc5ccccc5)cc4)CC(=O)N3C2)cc1Cl. The Hall–Kier alpha value is -3.40. The summed E-state index contributed by atoms with van der Waals surface area (Å²) in [5, 5.41) is 11.5. The predicted octanol–water partition coefficient (Wildman–Crippen LogP) is 6.45. The molecule has 5 rings (SSSR count). The summed E-state index contributed by atoms with van der Waals surface area (Å²) >= 11 is 7.84. The lowest BCUT2D eigenvalue weighted by Gasteiger charge is -2.42. The van der Waals surface area contributed by atoms with E-state index in [0.29, 0.717) is 29.7 Å². The minimum Gasteiger partial charge on any atom is -0.489 e. The summed E-state index contributed by atoms with van der Waals surface area (Å²) in [5.41, 5.74) is 4.67. The Kier molecular flexibility index (Phi) is 6.72. The van der Waals surface area contributed by atoms with Gasteiger partial charge in [-0.2, -0.15) is 5.26 Å². The Bertz CT molecular complexity index is 1320. The highest BCUT2D eigenvalue weighted by molar-refractivity contribution is 8.03. The Morgan fingerprint density at radius 2 is 1.89 bits per heavy atom. The number of nitriles is 1. The van der Waals surface area contributed by atoms with Gasteiger partial charge in [-0.15, -0.1) is 0 Å². The molecule has 176 valence electrons. The van der Waals surface area contributed by atoms with Crippen LogP contribution in [-0.2, 0) is 11.4 Å². The van der Waals surface area contributed by atoms with Gasteiger partial charge in [0.15, 0.2) is 0 Å². The predicted molar refractivity (Wildman–Crippen MR) is 140 cm³/mol. The summed E-state index contributed by atoms with van der Waals surface area (Å²) in [6.45, 7) is 2.86. The lowest BCUT2D eigenvalue weighted by molar-refractivity contribution is -0.129. The zero-order chi connectivity index (χ0) is 24.4. The third kappa shape index (κ3) is 4.88. The minimum absolute atomic E-state index is 0.0174. The quantitative estimate of drug-likeness (QED) is 0.402. The summed E-state index contributed by atoms with van der Waals surface area (Å²) in [6.07, 6.45) is 0.264. The Morgan fingerprint density at radius 3 is 2.60 bits per heavy atom. The normalized spacial score (nSPS) is 17.7. The number of amides is 1. The molecule has 0 aliphatic carbocycles. The largest absolute Gasteiger partial charge is 0.489 e. The molecule has 0 aromatic heterocycles. The number of rotatable bonds is 5. The van der Waals surface area contributed by atoms with Gasteiger partial charge in [-0.3, -0.25) is 9.69 Å². The zero-order valence-electron chi connectivity index (χ0n) is 19.3. The number of carbonyl (C=O) groups excluding carboxylic acids is 1. The second-order valence-corrected chi connectivity index (χ2v) is 9.98. The summed E-state index contributed by atoms with van der Waals surface area (Å²) in [4.78, 5) is 17.0. The number of benzene rings is 3. The van der Waals surface area contributed by atoms with Gasteiger partial charge in [-0.25, -0.2) is 0 Å². The Morgan fingerprint density at radius 1 is 1.11 bits per heavy atom. The maximum absolute atomic E-state index is 13.2. The summed E-state index contributed by atoms with van der Waals surface area (Å²) in [7, 11) is 0. The van der Waals surface area contributed by atoms with Crippen LogP contribution in [0.1, 0.15) is 29.0 Å². The van der Waals surface area contributed by atoms with Crippen molar-refractivity contribution in [2.45, 2.75) is 25.9 Å². The molecule has 7 heteroatoms. The molecular formula is C28H24ClN3O2S. The topological polar surface area (TPSA) is 56.6 Å². The third-order valence-electron chi connectivity index (χ3n) is 6.34. The molecule has 35 heavy (non-hydrogen) atoms. The number of halogens is 1. The van der Waals surface area contributed by atoms with E-state index in [0.717, 1.165) is 33.2 Å². The van der Waals surface area contributed by atoms with Crippen molar-refractivity contribution in [2.24, 2.45) is 0 Å². The molecule has 0 bridgehead atoms. The molecule has 1 atom stereocenters. The van der Waals surface area contributed by atoms with Gasteiger partial charge in [-0.1, -0.05) is 71.9 Å². The first kappa shape index (κ1) is 23.3. The van der Waals surface area contributed by atoms with E-state index in [-0.39, 0.29) is 18.2 Å². The van der Waals surface area contributed by atoms with Gasteiger partial charge in [0.05, 0.1) is 29.2 Å². The molecule has 3 aromatic rings. The molecule has 0 N–H and O–H groups in total. The zero-order valence-corrected chi connectivity index (χ0v) is 20.9. The molecular weight excluding hydrogens is 478 g/mol. The number of nitrogens with zero attached hydrogens (tertiary/aromatic N) is 3. The molecule has 1 fully saturated rings. The van der Waals surface area contributed by atoms with Gasteiger partial charge in [0.1, 0.15) is 12.4 Å². The number of hydrogen-bond acceptors (Lipinski definition) is 5. The molecule has 3 aromatic carbocycles. The van der Waals surface area contributed by atoms with Crippen LogP contribution >= 0.6 is 23.4 Å². The number of anilines is 1. The number of allylic oxidation sites excluding steroid dienone is 1. The highest BCUT2D eigenvalue weighted by Crippen LogP contribution is 2.43. The first-order valence-electron chi connectivity index (χ1n) is 11.4. The van der Waals surface area contributed by atoms with Crippen LogP contribution in [0.2, 0.25) is 5.02 Å². The van der Waals surface area contributed by atoms with Crippen LogP contribution < -0.4 is 9.64 Å². The maximum atomic E-state index is 13.2. The molecule has 1 amide bonds. The average molecular weight is 502 g/mol. The van der Waals surface area contributed by atoms with E-state index in [1.165, 1.54) is 11.8 Å². The number of thioether (sulfide) groups is 1. The lowest BCUT2D eigenvalue weighted by atomic mass is 9.86. The molecule has 0 radical (unpaired) electrons. The van der Waals surface area contributed by atoms with Gasteiger partial charge < -0.3 is 9.64 Å². The fourth-order valence-corrected chi connectivity index (χ4v) is 5.67. The second kappa shape index (κ2) is 10.1. The Labute approximate surface area is 214 Å². The van der Waals surface area contributed by atoms with Crippen molar-refractivity contribution < 1.29 is 9.53 Å². The van der Waals surface area contributed by atoms with Gasteiger partial charge in [-0.05, 0) is 47.9 Å². The monoisotopic (exact) mass is 501 g/mol. The van der Waals surface area contributed by atoms with E-state index in [9.17, 15) is 10.1 Å². The van der Waals surface area contributed by atoms with E-state index < -0.39 is 0 Å². The van der Waals surface area contributed by atoms with Crippen molar-refractivity contribution in [1.29, 1.82) is 5.26 Å². The minimum atomic E-state index is -0.255. The lowest BCUT2D eigenvalue weighted by Crippen LogP contribution is -2.47. The summed E-state index contributed by atoms with van der Waals surface area (Å²) in [6, 6.07) is 26.1. The van der Waals surface area contributed by atoms with Crippen LogP contribution in [-0.4, -0.2) is 23.4 Å². The van der Waals surface area contributed by atoms with Gasteiger partial charge in [0.2, 0.25) is 5.91 Å². The third-order valence-corrected chi connectivity index (χ3v) is 7.91. The highest BCUT2D eigenvalue weighted by Gasteiger charge is 2.38. The van der Waals surface area contributed by atoms with Crippen LogP contribution in [0.3, 0.4) is 0 Å². The van der Waals surface area contributed by atoms with Crippen LogP contribution in [0.5, 0.6) is 5.75 Å². The van der Waals surface area contributed by atoms with Crippen molar-refractivity contribution >= 4 is 35.0 Å². The fraction of sp³-hybridized carbons (Fsp3) is 0.214. The molecule has 2 aliphatic rings. The van der Waals surface area contributed by atoms with Crippen LogP contribution in [0.15, 0.2) is 83.4 Å². The average Bonchev–Trinajstić information content (AvgIpc) is 2.90. The van der Waals surface area contributed by atoms with Crippen molar-refractivity contribution in [1.82, 2.24) is 4.90 Å². The standard InChI is InChI=1S/C28H24ClN3O2S/c1-19-7-10-22(13-26(19)29)31-17-32-27(33)14-24(25(15-30)28(32)35-18-31)21-8-11-23(12-9-21)34-16-20-5-3-2-4-6-20/h2-13,24H,14,16-18H2,1H3/t24-/m1/s1. The van der Waals surface area contributed by atoms with Crippen molar-refractivity contribution in [2.75, 3.05) is 17.4 Å². The number of aryl methyl sites for hydroxylation is 1. The van der Waals surface area contributed by atoms with E-state index >= 15 is 0 Å². The van der Waals surface area contributed by atoms with E-state index in [1.54, 1.807) is 4.90 Å². The molecule has 5 nitrogen and oxygen atoms in total. The summed E-state index contributed by atoms with van der Waals surface area (Å²) < 4.78 is 5.89. The van der Waals surface area contributed by atoms with Gasteiger partial charge in [0, 0.05) is 23.0 Å². The van der Waals surface area contributed by atoms with Crippen molar-refractivity contribution in [3.8, 4) is 11.8 Å². The first-order valence-corrected chi connectivity index (χ1v) is 12.7. The van der Waals surface area contributed by atoms with E-state index in [2.05, 4.69) is 11.0 Å². The number of fused-ring (bicyclic) bond motifs is 1. The van der Waals surface area contributed by atoms with Gasteiger partial charge in [0.25, 0.3) is 0 Å². The number of hydrogen-bond donors (Lipinski definition) is 0. The Balaban J connectivity index is 1.33. The van der Waals surface area contributed by atoms with Crippen LogP contribution in [0, 0.1) is 18.3 Å². The number of carbonyl (C=O) groups is 1. The summed E-state index contributed by atoms with van der Waals surface area (Å²) in [5.74, 6) is 1.16. The highest BCUT2D eigenvalue weighted by atomic mass is 35.5. The van der Waals surface area contributed by atoms with Crippen LogP contribution in [0.25, 0.3) is 0 Å². The molecule has 0 saturated carbocycles. The fourth-order valence-electron chi connectivity index (χ4n) is 4.33. The molecule has 1 saturated heterocycles. The van der Waals surface area contributed by atoms with Crippen LogP contribution in [0.4, 0.5) is 5.69 Å². The maximum Gasteiger partial charge on any atom is 0.229 e. The van der Waals surface area contributed by atoms with E-state index in [1.807, 2.05) is 79.7 Å². The number of ether oxygens (including phenoxy) is 1. The van der Waals surface area contributed by atoms with Crippen molar-refractivity contribution in [3.05, 3.63) is 105 Å². The van der Waals surface area contributed by atoms with Crippen molar-refractivity contribution in [3.63, 3.8) is 0 Å². The van der Waals surface area contributed by atoms with Gasteiger partial charge >= 0.3 is 0 Å². The second-order valence-electron chi connectivity index (χ2n) is 8.64. The molecule has 2 aliphatic heterocycles.